The molecule has 26 heavy (non-hydrogen) atoms. The SMILES string of the molecule is CCOC(=O)c1cccc(NC(=O)C(=Cc2ccccc2)NC(C)=O)c1. The number of rotatable bonds is 6. The lowest BCUT2D eigenvalue weighted by Gasteiger charge is -2.11. The number of carbonyl (C=O) groups is 3. The lowest BCUT2D eigenvalue weighted by molar-refractivity contribution is -0.120. The summed E-state index contributed by atoms with van der Waals surface area (Å²) < 4.78 is 4.95. The van der Waals surface area contributed by atoms with Gasteiger partial charge < -0.3 is 15.4 Å². The van der Waals surface area contributed by atoms with Gasteiger partial charge in [-0.05, 0) is 36.8 Å². The topological polar surface area (TPSA) is 84.5 Å². The minimum atomic E-state index is -0.495. The molecule has 2 amide bonds. The van der Waals surface area contributed by atoms with Gasteiger partial charge in [0, 0.05) is 12.6 Å². The van der Waals surface area contributed by atoms with Gasteiger partial charge in [0.15, 0.2) is 0 Å². The summed E-state index contributed by atoms with van der Waals surface area (Å²) in [4.78, 5) is 35.8. The highest BCUT2D eigenvalue weighted by molar-refractivity contribution is 6.08. The predicted molar refractivity (Wildman–Crippen MR) is 99.3 cm³/mol. The van der Waals surface area contributed by atoms with E-state index in [1.165, 1.54) is 13.0 Å². The van der Waals surface area contributed by atoms with Crippen LogP contribution in [-0.4, -0.2) is 24.4 Å². The summed E-state index contributed by atoms with van der Waals surface area (Å²) in [7, 11) is 0. The van der Waals surface area contributed by atoms with Gasteiger partial charge in [0.2, 0.25) is 5.91 Å². The van der Waals surface area contributed by atoms with E-state index in [9.17, 15) is 14.4 Å². The number of ether oxygens (including phenoxy) is 1. The quantitative estimate of drug-likeness (QED) is 0.618. The van der Waals surface area contributed by atoms with E-state index in [1.807, 2.05) is 30.3 Å². The van der Waals surface area contributed by atoms with Crippen molar-refractivity contribution < 1.29 is 19.1 Å². The number of benzene rings is 2. The molecule has 0 fully saturated rings. The molecule has 6 heteroatoms. The van der Waals surface area contributed by atoms with Gasteiger partial charge in [-0.2, -0.15) is 0 Å². The van der Waals surface area contributed by atoms with E-state index in [0.717, 1.165) is 5.56 Å². The summed E-state index contributed by atoms with van der Waals surface area (Å²) in [5, 5.41) is 5.20. The normalized spacial score (nSPS) is 10.8. The van der Waals surface area contributed by atoms with Crippen molar-refractivity contribution in [2.45, 2.75) is 13.8 Å². The molecule has 0 bridgehead atoms. The second-order valence-corrected chi connectivity index (χ2v) is 5.41. The second-order valence-electron chi connectivity index (χ2n) is 5.41. The molecule has 2 aromatic rings. The van der Waals surface area contributed by atoms with Gasteiger partial charge in [0.05, 0.1) is 12.2 Å². The highest BCUT2D eigenvalue weighted by Gasteiger charge is 2.13. The molecule has 134 valence electrons. The van der Waals surface area contributed by atoms with Crippen molar-refractivity contribution in [1.29, 1.82) is 0 Å². The first kappa shape index (κ1) is 18.9. The molecular weight excluding hydrogens is 332 g/mol. The molecular formula is C20H20N2O4. The number of hydrogen-bond donors (Lipinski definition) is 2. The Morgan fingerprint density at radius 1 is 1.04 bits per heavy atom. The van der Waals surface area contributed by atoms with E-state index in [0.29, 0.717) is 11.3 Å². The first-order valence-electron chi connectivity index (χ1n) is 8.12. The Balaban J connectivity index is 2.22. The molecule has 2 aromatic carbocycles. The van der Waals surface area contributed by atoms with Gasteiger partial charge in [-0.3, -0.25) is 9.59 Å². The summed E-state index contributed by atoms with van der Waals surface area (Å²) in [5.74, 6) is -1.32. The van der Waals surface area contributed by atoms with Crippen molar-refractivity contribution in [2.75, 3.05) is 11.9 Å². The molecule has 0 saturated heterocycles. The Kier molecular flexibility index (Phi) is 6.68. The first-order chi connectivity index (χ1) is 12.5. The third-order valence-electron chi connectivity index (χ3n) is 3.30. The minimum absolute atomic E-state index is 0.102. The number of carbonyl (C=O) groups excluding carboxylic acids is 3. The second kappa shape index (κ2) is 9.17. The molecule has 0 radical (unpaired) electrons. The third kappa shape index (κ3) is 5.59. The number of hydrogen-bond acceptors (Lipinski definition) is 4. The average Bonchev–Trinajstić information content (AvgIpc) is 2.62. The molecule has 0 unspecified atom stereocenters. The monoisotopic (exact) mass is 352 g/mol. The van der Waals surface area contributed by atoms with Crippen molar-refractivity contribution in [3.05, 3.63) is 71.4 Å². The van der Waals surface area contributed by atoms with Crippen molar-refractivity contribution in [2.24, 2.45) is 0 Å². The largest absolute Gasteiger partial charge is 0.462 e. The van der Waals surface area contributed by atoms with Gasteiger partial charge in [-0.1, -0.05) is 36.4 Å². The zero-order valence-electron chi connectivity index (χ0n) is 14.6. The zero-order valence-corrected chi connectivity index (χ0v) is 14.6. The molecule has 2 rings (SSSR count). The molecule has 0 atom stereocenters. The molecule has 6 nitrogen and oxygen atoms in total. The van der Waals surface area contributed by atoms with E-state index in [1.54, 1.807) is 31.2 Å². The minimum Gasteiger partial charge on any atom is -0.462 e. The Morgan fingerprint density at radius 3 is 2.42 bits per heavy atom. The van der Waals surface area contributed by atoms with Gasteiger partial charge in [-0.15, -0.1) is 0 Å². The smallest absolute Gasteiger partial charge is 0.338 e. The maximum Gasteiger partial charge on any atom is 0.338 e. The summed E-state index contributed by atoms with van der Waals surface area (Å²) in [5.41, 5.74) is 1.62. The fraction of sp³-hybridized carbons (Fsp3) is 0.150. The molecule has 0 aliphatic heterocycles. The van der Waals surface area contributed by atoms with Gasteiger partial charge in [0.1, 0.15) is 5.70 Å². The molecule has 0 saturated carbocycles. The summed E-state index contributed by atoms with van der Waals surface area (Å²) in [6, 6.07) is 15.6. The van der Waals surface area contributed by atoms with Crippen molar-refractivity contribution in [3.8, 4) is 0 Å². The van der Waals surface area contributed by atoms with Gasteiger partial charge in [-0.25, -0.2) is 4.79 Å². The van der Waals surface area contributed by atoms with Crippen LogP contribution < -0.4 is 10.6 Å². The van der Waals surface area contributed by atoms with Crippen molar-refractivity contribution >= 4 is 29.5 Å². The Morgan fingerprint density at radius 2 is 1.77 bits per heavy atom. The molecule has 0 aromatic heterocycles. The first-order valence-corrected chi connectivity index (χ1v) is 8.12. The van der Waals surface area contributed by atoms with E-state index >= 15 is 0 Å². The van der Waals surface area contributed by atoms with Gasteiger partial charge in [0.25, 0.3) is 5.91 Å². The van der Waals surface area contributed by atoms with Crippen LogP contribution >= 0.6 is 0 Å². The van der Waals surface area contributed by atoms with Crippen LogP contribution in [0.15, 0.2) is 60.3 Å². The lowest BCUT2D eigenvalue weighted by Crippen LogP contribution is -2.29. The lowest BCUT2D eigenvalue weighted by atomic mass is 10.1. The van der Waals surface area contributed by atoms with Crippen LogP contribution in [0.3, 0.4) is 0 Å². The molecule has 0 aliphatic rings. The van der Waals surface area contributed by atoms with Crippen molar-refractivity contribution in [1.82, 2.24) is 5.32 Å². The Hall–Kier alpha value is -3.41. The van der Waals surface area contributed by atoms with Crippen molar-refractivity contribution in [3.63, 3.8) is 0 Å². The average molecular weight is 352 g/mol. The van der Waals surface area contributed by atoms with E-state index in [-0.39, 0.29) is 18.2 Å². The van der Waals surface area contributed by atoms with Crippen LogP contribution in [0.5, 0.6) is 0 Å². The van der Waals surface area contributed by atoms with Crippen LogP contribution in [0, 0.1) is 0 Å². The maximum absolute atomic E-state index is 12.5. The summed E-state index contributed by atoms with van der Waals surface area (Å²) in [6.07, 6.45) is 1.58. The fourth-order valence-electron chi connectivity index (χ4n) is 2.20. The summed E-state index contributed by atoms with van der Waals surface area (Å²) >= 11 is 0. The van der Waals surface area contributed by atoms with Crippen LogP contribution in [0.1, 0.15) is 29.8 Å². The molecule has 0 aliphatic carbocycles. The summed E-state index contributed by atoms with van der Waals surface area (Å²) in [6.45, 7) is 3.31. The van der Waals surface area contributed by atoms with Crippen LogP contribution in [-0.2, 0) is 14.3 Å². The van der Waals surface area contributed by atoms with E-state index < -0.39 is 11.9 Å². The zero-order chi connectivity index (χ0) is 18.9. The third-order valence-corrected chi connectivity index (χ3v) is 3.30. The number of amides is 2. The van der Waals surface area contributed by atoms with Gasteiger partial charge >= 0.3 is 5.97 Å². The number of anilines is 1. The number of esters is 1. The maximum atomic E-state index is 12.5. The van der Waals surface area contributed by atoms with E-state index in [2.05, 4.69) is 10.6 Å². The van der Waals surface area contributed by atoms with E-state index in [4.69, 9.17) is 4.74 Å². The standard InChI is InChI=1S/C20H20N2O4/c1-3-26-20(25)16-10-7-11-17(13-16)22-19(24)18(21-14(2)23)12-15-8-5-4-6-9-15/h4-13H,3H2,1-2H3,(H,21,23)(H,22,24). The highest BCUT2D eigenvalue weighted by atomic mass is 16.5. The number of nitrogens with one attached hydrogen (secondary N) is 2. The molecule has 0 heterocycles. The van der Waals surface area contributed by atoms with Crippen LogP contribution in [0.4, 0.5) is 5.69 Å². The Labute approximate surface area is 151 Å². The molecule has 2 N–H and O–H groups in total. The Bertz CT molecular complexity index is 829. The molecule has 0 spiro atoms. The fourth-order valence-corrected chi connectivity index (χ4v) is 2.20. The predicted octanol–water partition coefficient (Wildman–Crippen LogP) is 2.98. The van der Waals surface area contributed by atoms with Crippen LogP contribution in [0.25, 0.3) is 6.08 Å². The van der Waals surface area contributed by atoms with Crippen LogP contribution in [0.2, 0.25) is 0 Å². The highest BCUT2D eigenvalue weighted by Crippen LogP contribution is 2.14.